The van der Waals surface area contributed by atoms with Gasteiger partial charge in [-0.2, -0.15) is 0 Å². The summed E-state index contributed by atoms with van der Waals surface area (Å²) in [5.41, 5.74) is 0. The molecule has 18 heavy (non-hydrogen) atoms. The first-order valence-electron chi connectivity index (χ1n) is 6.54. The lowest BCUT2D eigenvalue weighted by Gasteiger charge is -2.26. The summed E-state index contributed by atoms with van der Waals surface area (Å²) in [6.07, 6.45) is 2.38. The fraction of sp³-hybridized carbons (Fsp3) is 0.846. The van der Waals surface area contributed by atoms with Crippen LogP contribution >= 0.6 is 0 Å². The van der Waals surface area contributed by atoms with Crippen molar-refractivity contribution in [2.45, 2.75) is 51.7 Å². The first kappa shape index (κ1) is 15.0. The van der Waals surface area contributed by atoms with Crippen LogP contribution in [-0.2, 0) is 14.3 Å². The van der Waals surface area contributed by atoms with E-state index in [2.05, 4.69) is 0 Å². The molecule has 0 radical (unpaired) electrons. The maximum atomic E-state index is 12.3. The van der Waals surface area contributed by atoms with Crippen LogP contribution in [0.5, 0.6) is 0 Å². The third kappa shape index (κ3) is 3.70. The van der Waals surface area contributed by atoms with E-state index in [1.54, 1.807) is 12.0 Å². The van der Waals surface area contributed by atoms with Crippen LogP contribution < -0.4 is 0 Å². The first-order valence-corrected chi connectivity index (χ1v) is 6.54. The van der Waals surface area contributed by atoms with Gasteiger partial charge >= 0.3 is 5.97 Å². The van der Waals surface area contributed by atoms with Crippen molar-refractivity contribution in [3.63, 3.8) is 0 Å². The molecular weight excluding hydrogens is 234 g/mol. The Morgan fingerprint density at radius 3 is 2.67 bits per heavy atom. The van der Waals surface area contributed by atoms with Gasteiger partial charge in [-0.1, -0.05) is 20.3 Å². The molecule has 1 saturated heterocycles. The van der Waals surface area contributed by atoms with Crippen molar-refractivity contribution in [3.05, 3.63) is 0 Å². The molecule has 1 amide bonds. The quantitative estimate of drug-likeness (QED) is 0.783. The number of carbonyl (C=O) groups is 2. The molecule has 0 bridgehead atoms. The van der Waals surface area contributed by atoms with Crippen LogP contribution in [0.1, 0.15) is 39.5 Å². The molecule has 0 aromatic carbocycles. The third-order valence-corrected chi connectivity index (χ3v) is 3.55. The maximum absolute atomic E-state index is 12.3. The zero-order valence-corrected chi connectivity index (χ0v) is 11.4. The molecule has 1 aliphatic rings. The molecule has 3 unspecified atom stereocenters. The molecule has 1 aliphatic heterocycles. The number of carboxylic acids is 1. The summed E-state index contributed by atoms with van der Waals surface area (Å²) in [4.78, 5) is 24.8. The highest BCUT2D eigenvalue weighted by molar-refractivity contribution is 5.80. The summed E-state index contributed by atoms with van der Waals surface area (Å²) in [5.74, 6) is -0.845. The highest BCUT2D eigenvalue weighted by atomic mass is 16.5. The molecule has 104 valence electrons. The van der Waals surface area contributed by atoms with Gasteiger partial charge in [0.25, 0.3) is 0 Å². The summed E-state index contributed by atoms with van der Waals surface area (Å²) >= 11 is 0. The Kier molecular flexibility index (Phi) is 5.59. The number of ether oxygens (including phenoxy) is 1. The molecule has 1 N–H and O–H groups in total. The maximum Gasteiger partial charge on any atom is 0.305 e. The summed E-state index contributed by atoms with van der Waals surface area (Å²) < 4.78 is 5.26. The number of amides is 1. The summed E-state index contributed by atoms with van der Waals surface area (Å²) in [6.45, 7) is 4.46. The number of hydrogen-bond donors (Lipinski definition) is 1. The molecule has 1 fully saturated rings. The van der Waals surface area contributed by atoms with Gasteiger partial charge in [-0.15, -0.1) is 0 Å². The van der Waals surface area contributed by atoms with Gasteiger partial charge in [-0.25, -0.2) is 0 Å². The summed E-state index contributed by atoms with van der Waals surface area (Å²) in [6, 6.07) is -0.223. The first-order chi connectivity index (χ1) is 8.49. The monoisotopic (exact) mass is 257 g/mol. The lowest BCUT2D eigenvalue weighted by atomic mass is 10.0. The van der Waals surface area contributed by atoms with Gasteiger partial charge < -0.3 is 14.7 Å². The number of nitrogens with zero attached hydrogens (tertiary/aromatic N) is 1. The third-order valence-electron chi connectivity index (χ3n) is 3.55. The van der Waals surface area contributed by atoms with Gasteiger partial charge in [0.1, 0.15) is 0 Å². The van der Waals surface area contributed by atoms with Gasteiger partial charge in [0, 0.05) is 25.6 Å². The molecule has 3 atom stereocenters. The topological polar surface area (TPSA) is 66.8 Å². The minimum Gasteiger partial charge on any atom is -0.481 e. The Balaban J connectivity index is 2.69. The predicted molar refractivity (Wildman–Crippen MR) is 67.2 cm³/mol. The second-order valence-corrected chi connectivity index (χ2v) is 5.03. The highest BCUT2D eigenvalue weighted by Gasteiger charge is 2.37. The zero-order valence-electron chi connectivity index (χ0n) is 11.4. The van der Waals surface area contributed by atoms with Crippen LogP contribution in [0, 0.1) is 5.92 Å². The Bertz CT molecular complexity index is 305. The SMILES string of the molecule is CCCC(C)C(=O)N1CC(OC)CC1CC(=O)O. The van der Waals surface area contributed by atoms with E-state index in [1.165, 1.54) is 0 Å². The van der Waals surface area contributed by atoms with Crippen LogP contribution in [0.3, 0.4) is 0 Å². The molecule has 0 saturated carbocycles. The summed E-state index contributed by atoms with van der Waals surface area (Å²) in [5, 5.41) is 8.90. The Hall–Kier alpha value is -1.10. The van der Waals surface area contributed by atoms with Crippen LogP contribution in [-0.4, -0.2) is 47.7 Å². The van der Waals surface area contributed by atoms with Crippen molar-refractivity contribution in [1.29, 1.82) is 0 Å². The average molecular weight is 257 g/mol. The molecule has 0 aromatic heterocycles. The fourth-order valence-corrected chi connectivity index (χ4v) is 2.55. The van der Waals surface area contributed by atoms with E-state index in [4.69, 9.17) is 9.84 Å². The highest BCUT2D eigenvalue weighted by Crippen LogP contribution is 2.25. The molecular formula is C13H23NO4. The molecule has 5 nitrogen and oxygen atoms in total. The molecule has 0 aliphatic carbocycles. The van der Waals surface area contributed by atoms with E-state index in [9.17, 15) is 9.59 Å². The van der Waals surface area contributed by atoms with E-state index < -0.39 is 5.97 Å². The van der Waals surface area contributed by atoms with Gasteiger partial charge in [-0.3, -0.25) is 9.59 Å². The number of carbonyl (C=O) groups excluding carboxylic acids is 1. The Morgan fingerprint density at radius 2 is 2.17 bits per heavy atom. The minimum absolute atomic E-state index is 0.00441. The molecule has 5 heteroatoms. The van der Waals surface area contributed by atoms with Crippen molar-refractivity contribution in [3.8, 4) is 0 Å². The van der Waals surface area contributed by atoms with Crippen molar-refractivity contribution in [1.82, 2.24) is 4.90 Å². The van der Waals surface area contributed by atoms with E-state index >= 15 is 0 Å². The van der Waals surface area contributed by atoms with E-state index in [1.807, 2.05) is 13.8 Å². The minimum atomic E-state index is -0.863. The predicted octanol–water partition coefficient (Wildman–Crippen LogP) is 1.51. The number of rotatable bonds is 6. The van der Waals surface area contributed by atoms with Crippen molar-refractivity contribution >= 4 is 11.9 Å². The summed E-state index contributed by atoms with van der Waals surface area (Å²) in [7, 11) is 1.60. The van der Waals surface area contributed by atoms with Crippen molar-refractivity contribution < 1.29 is 19.4 Å². The van der Waals surface area contributed by atoms with Crippen LogP contribution in [0.4, 0.5) is 0 Å². The van der Waals surface area contributed by atoms with Gasteiger partial charge in [0.2, 0.25) is 5.91 Å². The van der Waals surface area contributed by atoms with Crippen LogP contribution in [0.25, 0.3) is 0 Å². The normalized spacial score (nSPS) is 25.2. The van der Waals surface area contributed by atoms with E-state index in [0.717, 1.165) is 12.8 Å². The van der Waals surface area contributed by atoms with Crippen molar-refractivity contribution in [2.24, 2.45) is 5.92 Å². The molecule has 1 heterocycles. The lowest BCUT2D eigenvalue weighted by Crippen LogP contribution is -2.40. The molecule has 0 spiro atoms. The Labute approximate surface area is 108 Å². The van der Waals surface area contributed by atoms with E-state index in [-0.39, 0.29) is 30.4 Å². The lowest BCUT2D eigenvalue weighted by molar-refractivity contribution is -0.141. The van der Waals surface area contributed by atoms with Crippen LogP contribution in [0.15, 0.2) is 0 Å². The number of likely N-dealkylation sites (tertiary alicyclic amines) is 1. The number of hydrogen-bond acceptors (Lipinski definition) is 3. The number of methoxy groups -OCH3 is 1. The Morgan fingerprint density at radius 1 is 1.50 bits per heavy atom. The smallest absolute Gasteiger partial charge is 0.305 e. The van der Waals surface area contributed by atoms with Crippen LogP contribution in [0.2, 0.25) is 0 Å². The van der Waals surface area contributed by atoms with Gasteiger partial charge in [0.05, 0.1) is 12.5 Å². The standard InChI is InChI=1S/C13H23NO4/c1-4-5-9(2)13(17)14-8-11(18-3)6-10(14)7-12(15)16/h9-11H,4-8H2,1-3H3,(H,15,16). The van der Waals surface area contributed by atoms with Gasteiger partial charge in [0.15, 0.2) is 0 Å². The second kappa shape index (κ2) is 6.73. The van der Waals surface area contributed by atoms with E-state index in [0.29, 0.717) is 13.0 Å². The molecule has 1 rings (SSSR count). The van der Waals surface area contributed by atoms with Crippen molar-refractivity contribution in [2.75, 3.05) is 13.7 Å². The number of aliphatic carboxylic acids is 1. The zero-order chi connectivity index (χ0) is 13.7. The second-order valence-electron chi connectivity index (χ2n) is 5.03. The fourth-order valence-electron chi connectivity index (χ4n) is 2.55. The van der Waals surface area contributed by atoms with Gasteiger partial charge in [-0.05, 0) is 12.8 Å². The molecule has 0 aromatic rings. The average Bonchev–Trinajstić information content (AvgIpc) is 2.70. The number of carboxylic acid groups (broad SMARTS) is 1. The largest absolute Gasteiger partial charge is 0.481 e.